The normalized spacial score (nSPS) is 18.2. The number of benzene rings is 1. The zero-order valence-electron chi connectivity index (χ0n) is 20.3. The highest BCUT2D eigenvalue weighted by molar-refractivity contribution is 14.0. The van der Waals surface area contributed by atoms with E-state index in [-0.39, 0.29) is 47.8 Å². The van der Waals surface area contributed by atoms with Crippen LogP contribution in [0.5, 0.6) is 0 Å². The molecular weight excluding hydrogens is 531 g/mol. The van der Waals surface area contributed by atoms with Crippen LogP contribution in [0.1, 0.15) is 39.2 Å². The fourth-order valence-electron chi connectivity index (χ4n) is 4.18. The highest BCUT2D eigenvalue weighted by atomic mass is 127. The van der Waals surface area contributed by atoms with Crippen molar-refractivity contribution >= 4 is 47.4 Å². The zero-order valence-corrected chi connectivity index (χ0v) is 22.7. The fraction of sp³-hybridized carbons (Fsp3) is 0.625. The van der Waals surface area contributed by atoms with Crippen LogP contribution >= 0.6 is 24.0 Å². The highest BCUT2D eigenvalue weighted by Crippen LogP contribution is 2.15. The lowest BCUT2D eigenvalue weighted by Gasteiger charge is -2.39. The van der Waals surface area contributed by atoms with Gasteiger partial charge in [-0.2, -0.15) is 0 Å². The van der Waals surface area contributed by atoms with Crippen molar-refractivity contribution in [1.29, 1.82) is 0 Å². The molecule has 0 aromatic heterocycles. The van der Waals surface area contributed by atoms with Crippen LogP contribution in [-0.4, -0.2) is 84.8 Å². The van der Waals surface area contributed by atoms with E-state index in [1.54, 1.807) is 7.05 Å². The summed E-state index contributed by atoms with van der Waals surface area (Å²) >= 11 is 0. The summed E-state index contributed by atoms with van der Waals surface area (Å²) in [7, 11) is 1.80. The number of anilines is 1. The van der Waals surface area contributed by atoms with Crippen LogP contribution in [0, 0.1) is 5.92 Å². The Morgan fingerprint density at radius 1 is 0.939 bits per heavy atom. The number of likely N-dealkylation sites (tertiary alicyclic amines) is 1. The van der Waals surface area contributed by atoms with Gasteiger partial charge < -0.3 is 20.4 Å². The molecule has 2 amide bonds. The molecule has 184 valence electrons. The predicted octanol–water partition coefficient (Wildman–Crippen LogP) is 2.60. The van der Waals surface area contributed by atoms with Crippen LogP contribution in [0.2, 0.25) is 0 Å². The number of piperazine rings is 1. The van der Waals surface area contributed by atoms with E-state index in [1.165, 1.54) is 0 Å². The number of hydrogen-bond donors (Lipinski definition) is 2. The quantitative estimate of drug-likeness (QED) is 0.313. The van der Waals surface area contributed by atoms with Crippen molar-refractivity contribution < 1.29 is 9.59 Å². The Balaban J connectivity index is 0.00000385. The van der Waals surface area contributed by atoms with Gasteiger partial charge in [0.25, 0.3) is 0 Å². The third kappa shape index (κ3) is 7.56. The van der Waals surface area contributed by atoms with Gasteiger partial charge in [-0.3, -0.25) is 19.5 Å². The van der Waals surface area contributed by atoms with Gasteiger partial charge in [0.1, 0.15) is 0 Å². The van der Waals surface area contributed by atoms with E-state index < -0.39 is 0 Å². The number of aliphatic imine (C=N–C) groups is 1. The number of carbonyl (C=O) groups is 2. The second-order valence-electron chi connectivity index (χ2n) is 8.97. The minimum Gasteiger partial charge on any atom is -0.352 e. The SMILES string of the molecule is CN=C(NCc1ccc(NC(=O)C(C)C)cc1)N1CCN(C(C)C(=O)N2CCCC2)CC1.I. The zero-order chi connectivity index (χ0) is 23.1. The van der Waals surface area contributed by atoms with Gasteiger partial charge in [-0.15, -0.1) is 24.0 Å². The average molecular weight is 571 g/mol. The van der Waals surface area contributed by atoms with E-state index in [0.717, 1.165) is 69.3 Å². The summed E-state index contributed by atoms with van der Waals surface area (Å²) in [6.45, 7) is 11.7. The number of guanidine groups is 1. The molecule has 8 nitrogen and oxygen atoms in total. The molecule has 2 saturated heterocycles. The third-order valence-corrected chi connectivity index (χ3v) is 6.34. The lowest BCUT2D eigenvalue weighted by Crippen LogP contribution is -2.57. The first-order chi connectivity index (χ1) is 15.4. The molecule has 2 heterocycles. The minimum absolute atomic E-state index is 0. The van der Waals surface area contributed by atoms with Crippen molar-refractivity contribution in [2.45, 2.75) is 46.2 Å². The first kappa shape index (κ1) is 27.4. The molecule has 0 spiro atoms. The van der Waals surface area contributed by atoms with Crippen molar-refractivity contribution in [1.82, 2.24) is 20.0 Å². The lowest BCUT2D eigenvalue weighted by atomic mass is 10.1. The Morgan fingerprint density at radius 3 is 2.09 bits per heavy atom. The standard InChI is InChI=1S/C24H38N6O2.HI/c1-18(2)22(31)27-21-9-7-20(8-10-21)17-26-24(25-4)30-15-13-28(14-16-30)19(3)23(32)29-11-5-6-12-29;/h7-10,18-19H,5-6,11-17H2,1-4H3,(H,25,26)(H,27,31);1H. The van der Waals surface area contributed by atoms with Crippen molar-refractivity contribution in [3.63, 3.8) is 0 Å². The summed E-state index contributed by atoms with van der Waals surface area (Å²) < 4.78 is 0. The number of amides is 2. The van der Waals surface area contributed by atoms with Gasteiger partial charge in [0.05, 0.1) is 6.04 Å². The number of hydrogen-bond acceptors (Lipinski definition) is 4. The Labute approximate surface area is 215 Å². The molecule has 1 unspecified atom stereocenters. The van der Waals surface area contributed by atoms with Gasteiger partial charge in [-0.25, -0.2) is 0 Å². The summed E-state index contributed by atoms with van der Waals surface area (Å²) in [5, 5.41) is 6.35. The van der Waals surface area contributed by atoms with Gasteiger partial charge in [-0.05, 0) is 37.5 Å². The fourth-order valence-corrected chi connectivity index (χ4v) is 4.18. The number of halogens is 1. The molecule has 1 atom stereocenters. The second-order valence-corrected chi connectivity index (χ2v) is 8.97. The molecule has 2 aliphatic rings. The number of nitrogens with zero attached hydrogens (tertiary/aromatic N) is 4. The van der Waals surface area contributed by atoms with E-state index in [0.29, 0.717) is 6.54 Å². The molecule has 0 aliphatic carbocycles. The molecule has 9 heteroatoms. The van der Waals surface area contributed by atoms with E-state index in [1.807, 2.05) is 49.9 Å². The topological polar surface area (TPSA) is 80.3 Å². The summed E-state index contributed by atoms with van der Waals surface area (Å²) in [6, 6.07) is 7.83. The summed E-state index contributed by atoms with van der Waals surface area (Å²) in [4.78, 5) is 35.5. The van der Waals surface area contributed by atoms with Crippen molar-refractivity contribution in [2.75, 3.05) is 51.6 Å². The number of rotatable bonds is 6. The number of nitrogens with one attached hydrogen (secondary N) is 2. The van der Waals surface area contributed by atoms with Crippen LogP contribution in [0.3, 0.4) is 0 Å². The van der Waals surface area contributed by atoms with Crippen molar-refractivity contribution in [3.05, 3.63) is 29.8 Å². The Bertz CT molecular complexity index is 800. The molecule has 0 radical (unpaired) electrons. The molecule has 2 N–H and O–H groups in total. The lowest BCUT2D eigenvalue weighted by molar-refractivity contribution is -0.135. The Kier molecular flexibility index (Phi) is 10.9. The molecule has 0 saturated carbocycles. The molecule has 0 bridgehead atoms. The maximum absolute atomic E-state index is 12.7. The molecule has 2 aliphatic heterocycles. The summed E-state index contributed by atoms with van der Waals surface area (Å²) in [6.07, 6.45) is 2.26. The van der Waals surface area contributed by atoms with Gasteiger partial charge >= 0.3 is 0 Å². The van der Waals surface area contributed by atoms with E-state index >= 15 is 0 Å². The molecule has 1 aromatic carbocycles. The number of carbonyl (C=O) groups excluding carboxylic acids is 2. The highest BCUT2D eigenvalue weighted by Gasteiger charge is 2.30. The first-order valence-corrected chi connectivity index (χ1v) is 11.8. The van der Waals surface area contributed by atoms with E-state index in [4.69, 9.17) is 0 Å². The van der Waals surface area contributed by atoms with Gasteiger partial charge in [0.2, 0.25) is 11.8 Å². The van der Waals surface area contributed by atoms with E-state index in [2.05, 4.69) is 25.4 Å². The van der Waals surface area contributed by atoms with Gasteiger partial charge in [-0.1, -0.05) is 26.0 Å². The molecule has 3 rings (SSSR count). The smallest absolute Gasteiger partial charge is 0.239 e. The largest absolute Gasteiger partial charge is 0.352 e. The van der Waals surface area contributed by atoms with Crippen molar-refractivity contribution in [3.8, 4) is 0 Å². The third-order valence-electron chi connectivity index (χ3n) is 6.34. The maximum atomic E-state index is 12.7. The Morgan fingerprint density at radius 2 is 1.55 bits per heavy atom. The molecule has 1 aromatic rings. The molecule has 2 fully saturated rings. The predicted molar refractivity (Wildman–Crippen MR) is 144 cm³/mol. The average Bonchev–Trinajstić information content (AvgIpc) is 3.35. The van der Waals surface area contributed by atoms with Crippen LogP contribution in [-0.2, 0) is 16.1 Å². The summed E-state index contributed by atoms with van der Waals surface area (Å²) in [5.74, 6) is 1.13. The van der Waals surface area contributed by atoms with Crippen molar-refractivity contribution in [2.24, 2.45) is 10.9 Å². The summed E-state index contributed by atoms with van der Waals surface area (Å²) in [5.41, 5.74) is 1.93. The molecule has 33 heavy (non-hydrogen) atoms. The van der Waals surface area contributed by atoms with Crippen LogP contribution in [0.15, 0.2) is 29.3 Å². The van der Waals surface area contributed by atoms with Gasteiger partial charge in [0, 0.05) is 64.5 Å². The van der Waals surface area contributed by atoms with E-state index in [9.17, 15) is 9.59 Å². The van der Waals surface area contributed by atoms with Gasteiger partial charge in [0.15, 0.2) is 5.96 Å². The monoisotopic (exact) mass is 570 g/mol. The first-order valence-electron chi connectivity index (χ1n) is 11.8. The minimum atomic E-state index is -0.0556. The molecular formula is C24H39IN6O2. The van der Waals surface area contributed by atoms with Crippen LogP contribution in [0.25, 0.3) is 0 Å². The van der Waals surface area contributed by atoms with Crippen LogP contribution < -0.4 is 10.6 Å². The Hall–Kier alpha value is -1.88. The van der Waals surface area contributed by atoms with Crippen LogP contribution in [0.4, 0.5) is 5.69 Å². The second kappa shape index (κ2) is 13.1. The maximum Gasteiger partial charge on any atom is 0.239 e.